The van der Waals surface area contributed by atoms with Gasteiger partial charge in [-0.25, -0.2) is 0 Å². The summed E-state index contributed by atoms with van der Waals surface area (Å²) in [5.74, 6) is 0.704. The fraction of sp³-hybridized carbons (Fsp3) is 0.833. The van der Waals surface area contributed by atoms with Crippen LogP contribution >= 0.6 is 0 Å². The third kappa shape index (κ3) is 24.5. The molecule has 0 nitrogen and oxygen atoms in total. The maximum absolute atomic E-state index is 3.99. The minimum Gasteiger partial charge on any atom is -0.343 e. The molecule has 0 rings (SSSR count). The summed E-state index contributed by atoms with van der Waals surface area (Å²) in [5.41, 5.74) is 0. The van der Waals surface area contributed by atoms with Crippen molar-refractivity contribution in [3.8, 4) is 0 Å². The molecule has 0 N–H and O–H groups in total. The van der Waals surface area contributed by atoms with Crippen LogP contribution in [0.3, 0.4) is 0 Å². The van der Waals surface area contributed by atoms with E-state index in [-0.39, 0.29) is 23.1 Å². The van der Waals surface area contributed by atoms with Gasteiger partial charge in [0.15, 0.2) is 0 Å². The van der Waals surface area contributed by atoms with Crippen LogP contribution in [0.5, 0.6) is 0 Å². The van der Waals surface area contributed by atoms with Gasteiger partial charge in [0, 0.05) is 0 Å². The van der Waals surface area contributed by atoms with Gasteiger partial charge in [-0.05, 0) is 0 Å². The summed E-state index contributed by atoms with van der Waals surface area (Å²) >= 11 is 0. The van der Waals surface area contributed by atoms with Gasteiger partial charge in [0.05, 0.1) is 0 Å². The van der Waals surface area contributed by atoms with Gasteiger partial charge in [-0.1, -0.05) is 52.9 Å². The molecule has 0 aliphatic rings. The molecule has 0 radical (unpaired) electrons. The third-order valence-corrected chi connectivity index (χ3v) is 1.90. The van der Waals surface area contributed by atoms with Gasteiger partial charge in [0.25, 0.3) is 0 Å². The average molecular weight is 195 g/mol. The number of rotatable bonds is 5. The normalized spacial score (nSPS) is 10.8. The molecule has 0 aromatic heterocycles. The first-order valence-corrected chi connectivity index (χ1v) is 5.35. The molecule has 0 bridgehead atoms. The molecule has 1 unspecified atom stereocenters. The van der Waals surface area contributed by atoms with E-state index in [0.29, 0.717) is 5.92 Å². The topological polar surface area (TPSA) is 0 Å². The molecule has 0 saturated carbocycles. The summed E-state index contributed by atoms with van der Waals surface area (Å²) in [4.78, 5) is 0. The molecule has 0 aromatic carbocycles. The molecule has 1 heteroatoms. The van der Waals surface area contributed by atoms with E-state index in [4.69, 9.17) is 0 Å². The first-order valence-electron chi connectivity index (χ1n) is 5.35. The largest absolute Gasteiger partial charge is 2.00 e. The fourth-order valence-corrected chi connectivity index (χ4v) is 0.697. The van der Waals surface area contributed by atoms with Gasteiger partial charge in [-0.2, -0.15) is 12.3 Å². The van der Waals surface area contributed by atoms with E-state index in [1.165, 1.54) is 32.1 Å². The Bertz CT molecular complexity index is 60.1. The van der Waals surface area contributed by atoms with E-state index in [2.05, 4.69) is 34.6 Å². The Labute approximate surface area is 102 Å². The Morgan fingerprint density at radius 1 is 1.08 bits per heavy atom. The van der Waals surface area contributed by atoms with Crippen LogP contribution in [0.2, 0.25) is 0 Å². The minimum atomic E-state index is 0. The van der Waals surface area contributed by atoms with E-state index in [1.807, 2.05) is 0 Å². The minimum absolute atomic E-state index is 0. The molecular weight excluding hydrogens is 168 g/mol. The predicted molar refractivity (Wildman–Crippen MR) is 64.7 cm³/mol. The van der Waals surface area contributed by atoms with Crippen molar-refractivity contribution in [1.29, 1.82) is 0 Å². The zero-order valence-corrected chi connectivity index (χ0v) is 11.4. The zero-order chi connectivity index (χ0) is 9.82. The van der Waals surface area contributed by atoms with Crippen molar-refractivity contribution >= 4 is 23.1 Å². The van der Waals surface area contributed by atoms with Gasteiger partial charge in [0.2, 0.25) is 0 Å². The molecule has 0 aliphatic heterocycles. The molecule has 0 spiro atoms. The Morgan fingerprint density at radius 2 is 1.54 bits per heavy atom. The van der Waals surface area contributed by atoms with Gasteiger partial charge >= 0.3 is 23.1 Å². The van der Waals surface area contributed by atoms with Crippen molar-refractivity contribution in [2.75, 3.05) is 0 Å². The van der Waals surface area contributed by atoms with Crippen molar-refractivity contribution in [2.45, 2.75) is 59.3 Å². The van der Waals surface area contributed by atoms with E-state index < -0.39 is 0 Å². The van der Waals surface area contributed by atoms with Crippen molar-refractivity contribution in [1.82, 2.24) is 0 Å². The molecule has 0 fully saturated rings. The standard InChI is InChI=1S/C8H17.C4H9.Mg/c1-4-6-7-8(3)5-2;1-3-4-2;/h8H,3-7H2,1-2H3;1,3-4H2,2H3;/q2*-1;+2. The smallest absolute Gasteiger partial charge is 0.343 e. The van der Waals surface area contributed by atoms with Gasteiger partial charge in [0.1, 0.15) is 0 Å². The van der Waals surface area contributed by atoms with Crippen molar-refractivity contribution in [3.05, 3.63) is 13.8 Å². The first kappa shape index (κ1) is 19.4. The van der Waals surface area contributed by atoms with Gasteiger partial charge in [-0.15, -0.1) is 0 Å². The van der Waals surface area contributed by atoms with Crippen LogP contribution in [0.15, 0.2) is 0 Å². The summed E-state index contributed by atoms with van der Waals surface area (Å²) in [5, 5.41) is 0. The van der Waals surface area contributed by atoms with Crippen LogP contribution in [-0.4, -0.2) is 23.1 Å². The van der Waals surface area contributed by atoms with Crippen LogP contribution in [0.4, 0.5) is 0 Å². The molecule has 1 atom stereocenters. The zero-order valence-electron chi connectivity index (χ0n) is 9.94. The van der Waals surface area contributed by atoms with E-state index in [1.54, 1.807) is 0 Å². The molecule has 13 heavy (non-hydrogen) atoms. The molecular formula is C12H26Mg. The molecule has 0 amide bonds. The Morgan fingerprint density at radius 3 is 1.77 bits per heavy atom. The second-order valence-electron chi connectivity index (χ2n) is 3.27. The fourth-order valence-electron chi connectivity index (χ4n) is 0.697. The van der Waals surface area contributed by atoms with E-state index >= 15 is 0 Å². The molecule has 0 aliphatic carbocycles. The van der Waals surface area contributed by atoms with Crippen molar-refractivity contribution in [3.63, 3.8) is 0 Å². The SMILES string of the molecule is [CH2-]C(CC)CCCC.[CH2-]CCC.[Mg+2]. The molecule has 0 saturated heterocycles. The molecule has 76 valence electrons. The maximum Gasteiger partial charge on any atom is 2.00 e. The first-order chi connectivity index (χ1) is 5.72. The van der Waals surface area contributed by atoms with Crippen LogP contribution in [0.1, 0.15) is 59.3 Å². The summed E-state index contributed by atoms with van der Waals surface area (Å²) in [6.45, 7) is 14.1. The number of hydrogen-bond acceptors (Lipinski definition) is 0. The Balaban J connectivity index is -0.000000173. The quantitative estimate of drug-likeness (QED) is 0.453. The number of unbranched alkanes of at least 4 members (excludes halogenated alkanes) is 2. The second kappa shape index (κ2) is 18.5. The molecule has 0 aromatic rings. The van der Waals surface area contributed by atoms with Gasteiger partial charge < -0.3 is 13.8 Å². The second-order valence-corrected chi connectivity index (χ2v) is 3.27. The summed E-state index contributed by atoms with van der Waals surface area (Å²) in [7, 11) is 0. The van der Waals surface area contributed by atoms with Crippen molar-refractivity contribution < 1.29 is 0 Å². The third-order valence-electron chi connectivity index (χ3n) is 1.90. The average Bonchev–Trinajstić information content (AvgIpc) is 2.14. The van der Waals surface area contributed by atoms with Crippen LogP contribution in [-0.2, 0) is 0 Å². The van der Waals surface area contributed by atoms with Crippen molar-refractivity contribution in [2.24, 2.45) is 5.92 Å². The summed E-state index contributed by atoms with van der Waals surface area (Å²) < 4.78 is 0. The summed E-state index contributed by atoms with van der Waals surface area (Å²) in [6.07, 6.45) is 7.49. The van der Waals surface area contributed by atoms with Gasteiger partial charge in [-0.3, -0.25) is 0 Å². The predicted octanol–water partition coefficient (Wildman–Crippen LogP) is 4.28. The van der Waals surface area contributed by atoms with E-state index in [9.17, 15) is 0 Å². The van der Waals surface area contributed by atoms with Crippen LogP contribution in [0.25, 0.3) is 0 Å². The summed E-state index contributed by atoms with van der Waals surface area (Å²) in [6, 6.07) is 0. The number of hydrogen-bond donors (Lipinski definition) is 0. The monoisotopic (exact) mass is 194 g/mol. The van der Waals surface area contributed by atoms with Crippen LogP contribution < -0.4 is 0 Å². The Kier molecular flexibility index (Phi) is 27.6. The maximum atomic E-state index is 3.99. The van der Waals surface area contributed by atoms with Crippen LogP contribution in [0, 0.1) is 19.8 Å². The van der Waals surface area contributed by atoms with E-state index in [0.717, 1.165) is 6.42 Å². The molecule has 0 heterocycles. The Hall–Kier alpha value is 0.766.